The smallest absolute Gasteiger partial charge is 0.142 e. The molecule has 2 nitrogen and oxygen atoms in total. The number of pyridine rings is 1. The highest BCUT2D eigenvalue weighted by Gasteiger charge is 2.09. The molecule has 2 rings (SSSR count). The van der Waals surface area contributed by atoms with E-state index >= 15 is 0 Å². The van der Waals surface area contributed by atoms with Gasteiger partial charge in [0.25, 0.3) is 0 Å². The van der Waals surface area contributed by atoms with Crippen LogP contribution in [0.2, 0.25) is 0 Å². The first-order valence-electron chi connectivity index (χ1n) is 6.68. The predicted molar refractivity (Wildman–Crippen MR) is 76.3 cm³/mol. The number of halogens is 1. The van der Waals surface area contributed by atoms with Crippen LogP contribution in [0.25, 0.3) is 11.1 Å². The Morgan fingerprint density at radius 3 is 2.68 bits per heavy atom. The fraction of sp³-hybridized carbons (Fsp3) is 0.312. The molecule has 0 saturated heterocycles. The molecule has 3 heteroatoms. The second-order valence-corrected chi connectivity index (χ2v) is 4.54. The average molecular weight is 258 g/mol. The summed E-state index contributed by atoms with van der Waals surface area (Å²) in [5.41, 5.74) is 3.04. The predicted octanol–water partition coefficient (Wildman–Crippen LogP) is 3.95. The maximum absolute atomic E-state index is 13.2. The lowest BCUT2D eigenvalue weighted by Crippen LogP contribution is -2.19. The lowest BCUT2D eigenvalue weighted by molar-refractivity contribution is 0.537. The van der Waals surface area contributed by atoms with Crippen LogP contribution < -0.4 is 5.32 Å². The van der Waals surface area contributed by atoms with Crippen molar-refractivity contribution in [3.63, 3.8) is 0 Å². The first kappa shape index (κ1) is 13.7. The maximum Gasteiger partial charge on any atom is 0.142 e. The van der Waals surface area contributed by atoms with Crippen LogP contribution in [0.5, 0.6) is 0 Å². The molecule has 0 aliphatic rings. The van der Waals surface area contributed by atoms with Crippen molar-refractivity contribution >= 4 is 0 Å². The highest BCUT2D eigenvalue weighted by atomic mass is 19.1. The van der Waals surface area contributed by atoms with Crippen LogP contribution >= 0.6 is 0 Å². The van der Waals surface area contributed by atoms with Crippen molar-refractivity contribution in [1.82, 2.24) is 10.3 Å². The zero-order valence-corrected chi connectivity index (χ0v) is 11.4. The minimum absolute atomic E-state index is 0.304. The molecule has 1 aromatic carbocycles. The Morgan fingerprint density at radius 2 is 2.00 bits per heavy atom. The van der Waals surface area contributed by atoms with Gasteiger partial charge < -0.3 is 5.32 Å². The summed E-state index contributed by atoms with van der Waals surface area (Å²) >= 11 is 0. The van der Waals surface area contributed by atoms with Gasteiger partial charge >= 0.3 is 0 Å². The van der Waals surface area contributed by atoms with Crippen molar-refractivity contribution in [2.45, 2.75) is 26.3 Å². The molecule has 19 heavy (non-hydrogen) atoms. The van der Waals surface area contributed by atoms with Crippen molar-refractivity contribution < 1.29 is 4.39 Å². The molecule has 0 aliphatic heterocycles. The molecular formula is C16H19FN2. The summed E-state index contributed by atoms with van der Waals surface area (Å²) in [6.07, 6.45) is 3.94. The van der Waals surface area contributed by atoms with Crippen LogP contribution in [-0.2, 0) is 0 Å². The van der Waals surface area contributed by atoms with E-state index in [0.717, 1.165) is 24.1 Å². The molecule has 0 spiro atoms. The van der Waals surface area contributed by atoms with E-state index in [1.165, 1.54) is 17.8 Å². The van der Waals surface area contributed by atoms with Gasteiger partial charge in [0.2, 0.25) is 0 Å². The molecule has 1 unspecified atom stereocenters. The average Bonchev–Trinajstić information content (AvgIpc) is 2.45. The van der Waals surface area contributed by atoms with Crippen molar-refractivity contribution in [3.8, 4) is 11.1 Å². The standard InChI is InChI=1S/C16H19FN2/c1-3-16(19-4-2)13-7-5-6-12(8-13)14-9-15(17)11-18-10-14/h5-11,16,19H,3-4H2,1-2H3. The largest absolute Gasteiger partial charge is 0.310 e. The van der Waals surface area contributed by atoms with E-state index in [4.69, 9.17) is 0 Å². The van der Waals surface area contributed by atoms with Gasteiger partial charge in [-0.15, -0.1) is 0 Å². The van der Waals surface area contributed by atoms with E-state index in [1.54, 1.807) is 6.20 Å². The molecule has 0 saturated carbocycles. The monoisotopic (exact) mass is 258 g/mol. The van der Waals surface area contributed by atoms with Gasteiger partial charge in [-0.2, -0.15) is 0 Å². The van der Waals surface area contributed by atoms with Crippen molar-refractivity contribution in [3.05, 3.63) is 54.1 Å². The Hall–Kier alpha value is -1.74. The minimum Gasteiger partial charge on any atom is -0.310 e. The summed E-state index contributed by atoms with van der Waals surface area (Å²) < 4.78 is 13.2. The van der Waals surface area contributed by atoms with Gasteiger partial charge in [-0.1, -0.05) is 32.0 Å². The van der Waals surface area contributed by atoms with Gasteiger partial charge in [-0.25, -0.2) is 4.39 Å². The third-order valence-electron chi connectivity index (χ3n) is 3.19. The summed E-state index contributed by atoms with van der Waals surface area (Å²) in [6.45, 7) is 5.19. The van der Waals surface area contributed by atoms with E-state index in [1.807, 2.05) is 12.1 Å². The molecule has 100 valence electrons. The summed E-state index contributed by atoms with van der Waals surface area (Å²) in [6, 6.07) is 10.1. The quantitative estimate of drug-likeness (QED) is 0.878. The molecule has 0 radical (unpaired) electrons. The van der Waals surface area contributed by atoms with Crippen LogP contribution in [0.3, 0.4) is 0 Å². The molecule has 0 aliphatic carbocycles. The first-order valence-corrected chi connectivity index (χ1v) is 6.68. The number of aromatic nitrogens is 1. The number of nitrogens with zero attached hydrogens (tertiary/aromatic N) is 1. The topological polar surface area (TPSA) is 24.9 Å². The number of hydrogen-bond acceptors (Lipinski definition) is 2. The second-order valence-electron chi connectivity index (χ2n) is 4.54. The van der Waals surface area contributed by atoms with Gasteiger partial charge in [-0.05, 0) is 36.2 Å². The van der Waals surface area contributed by atoms with E-state index < -0.39 is 0 Å². The highest BCUT2D eigenvalue weighted by molar-refractivity contribution is 5.63. The van der Waals surface area contributed by atoms with Gasteiger partial charge in [0.1, 0.15) is 5.82 Å². The third-order valence-corrected chi connectivity index (χ3v) is 3.19. The molecule has 1 aromatic heterocycles. The molecule has 0 bridgehead atoms. The van der Waals surface area contributed by atoms with Crippen LogP contribution in [0.4, 0.5) is 4.39 Å². The SMILES string of the molecule is CCNC(CC)c1cccc(-c2cncc(F)c2)c1. The summed E-state index contributed by atoms with van der Waals surface area (Å²) in [7, 11) is 0. The van der Waals surface area contributed by atoms with Crippen molar-refractivity contribution in [2.75, 3.05) is 6.54 Å². The van der Waals surface area contributed by atoms with E-state index in [-0.39, 0.29) is 5.82 Å². The van der Waals surface area contributed by atoms with Gasteiger partial charge in [0, 0.05) is 17.8 Å². The molecule has 2 aromatic rings. The van der Waals surface area contributed by atoms with Gasteiger partial charge in [0.15, 0.2) is 0 Å². The molecule has 1 heterocycles. The zero-order chi connectivity index (χ0) is 13.7. The maximum atomic E-state index is 13.2. The molecule has 0 amide bonds. The highest BCUT2D eigenvalue weighted by Crippen LogP contribution is 2.24. The lowest BCUT2D eigenvalue weighted by atomic mass is 9.99. The third kappa shape index (κ3) is 3.38. The summed E-state index contributed by atoms with van der Waals surface area (Å²) in [5, 5.41) is 3.45. The summed E-state index contributed by atoms with van der Waals surface area (Å²) in [4.78, 5) is 3.90. The van der Waals surface area contributed by atoms with Crippen LogP contribution in [0.1, 0.15) is 31.9 Å². The molecule has 0 fully saturated rings. The van der Waals surface area contributed by atoms with Crippen LogP contribution in [0.15, 0.2) is 42.7 Å². The Bertz CT molecular complexity index is 540. The lowest BCUT2D eigenvalue weighted by Gasteiger charge is -2.17. The van der Waals surface area contributed by atoms with E-state index in [0.29, 0.717) is 6.04 Å². The Kier molecular flexibility index (Phi) is 4.63. The minimum atomic E-state index is -0.304. The normalized spacial score (nSPS) is 12.4. The van der Waals surface area contributed by atoms with Gasteiger partial charge in [-0.3, -0.25) is 4.98 Å². The van der Waals surface area contributed by atoms with E-state index in [9.17, 15) is 4.39 Å². The Balaban J connectivity index is 2.33. The zero-order valence-electron chi connectivity index (χ0n) is 11.4. The molecular weight excluding hydrogens is 239 g/mol. The van der Waals surface area contributed by atoms with Crippen LogP contribution in [-0.4, -0.2) is 11.5 Å². The Morgan fingerprint density at radius 1 is 1.16 bits per heavy atom. The second kappa shape index (κ2) is 6.43. The Labute approximate surface area is 113 Å². The number of benzene rings is 1. The van der Waals surface area contributed by atoms with Gasteiger partial charge in [0.05, 0.1) is 6.20 Å². The fourth-order valence-corrected chi connectivity index (χ4v) is 2.25. The number of nitrogens with one attached hydrogen (secondary N) is 1. The number of rotatable bonds is 5. The fourth-order valence-electron chi connectivity index (χ4n) is 2.25. The first-order chi connectivity index (χ1) is 9.24. The van der Waals surface area contributed by atoms with Crippen molar-refractivity contribution in [2.24, 2.45) is 0 Å². The van der Waals surface area contributed by atoms with E-state index in [2.05, 4.69) is 36.3 Å². The molecule has 1 atom stereocenters. The van der Waals surface area contributed by atoms with Crippen LogP contribution in [0, 0.1) is 5.82 Å². The molecule has 1 N–H and O–H groups in total. The number of hydrogen-bond donors (Lipinski definition) is 1. The summed E-state index contributed by atoms with van der Waals surface area (Å²) in [5.74, 6) is -0.304. The van der Waals surface area contributed by atoms with Crippen molar-refractivity contribution in [1.29, 1.82) is 0 Å².